The number of nitrogens with two attached hydrogens (primary N) is 2. The van der Waals surface area contributed by atoms with Gasteiger partial charge in [-0.25, -0.2) is 10.2 Å². The number of carbonyl (C=O) groups excluding carboxylic acids is 2. The van der Waals surface area contributed by atoms with E-state index in [0.29, 0.717) is 0 Å². The molecule has 18 heteroatoms. The number of ether oxygens (including phenoxy) is 4. The summed E-state index contributed by atoms with van der Waals surface area (Å²) in [5.74, 6) is -1.60. The Balaban J connectivity index is 1.92. The monoisotopic (exact) mass is 773 g/mol. The highest BCUT2D eigenvalue weighted by atomic mass is 31.2. The Bertz CT molecular complexity index is 1630. The lowest BCUT2D eigenvalue weighted by Gasteiger charge is -2.31. The average molecular weight is 774 g/mol. The number of aliphatic hydroxyl groups is 2. The number of anilines is 2. The van der Waals surface area contributed by atoms with Gasteiger partial charge in [-0.15, -0.1) is 0 Å². The second kappa shape index (κ2) is 21.4. The van der Waals surface area contributed by atoms with Gasteiger partial charge in [0.15, 0.2) is 11.5 Å². The molecule has 0 spiro atoms. The first-order chi connectivity index (χ1) is 25.6. The minimum Gasteiger partial charge on any atom is -0.479 e. The number of aliphatic imine (C=N–C) groups is 1. The van der Waals surface area contributed by atoms with Crippen LogP contribution in [0.5, 0.6) is 5.88 Å². The number of carbonyl (C=O) groups is 2. The van der Waals surface area contributed by atoms with Gasteiger partial charge in [0.2, 0.25) is 11.8 Å². The van der Waals surface area contributed by atoms with Gasteiger partial charge in [0.1, 0.15) is 24.3 Å². The van der Waals surface area contributed by atoms with Crippen molar-refractivity contribution >= 4 is 43.3 Å². The lowest BCUT2D eigenvalue weighted by molar-refractivity contribution is -0.150. The second-order valence-electron chi connectivity index (χ2n) is 12.8. The molecule has 0 fully saturated rings. The highest BCUT2D eigenvalue weighted by Gasteiger charge is 2.39. The van der Waals surface area contributed by atoms with Gasteiger partial charge in [0, 0.05) is 19.7 Å². The highest BCUT2D eigenvalue weighted by Crippen LogP contribution is 2.41. The fourth-order valence-electron chi connectivity index (χ4n) is 5.07. The third-order valence-corrected chi connectivity index (χ3v) is 9.46. The van der Waals surface area contributed by atoms with Gasteiger partial charge in [0.25, 0.3) is 0 Å². The molecule has 17 nitrogen and oxygen atoms in total. The first kappa shape index (κ1) is 43.9. The van der Waals surface area contributed by atoms with E-state index in [1.807, 2.05) is 12.1 Å². The molecule has 5 unspecified atom stereocenters. The largest absolute Gasteiger partial charge is 0.479 e. The topological polar surface area (TPSA) is 252 Å². The summed E-state index contributed by atoms with van der Waals surface area (Å²) in [6.45, 7) is 6.14. The van der Waals surface area contributed by atoms with E-state index in [4.69, 9.17) is 34.9 Å². The van der Waals surface area contributed by atoms with Crippen LogP contribution in [0.1, 0.15) is 45.2 Å². The van der Waals surface area contributed by atoms with Crippen molar-refractivity contribution in [3.05, 3.63) is 71.8 Å². The number of hydrogen-bond donors (Lipinski definition) is 6. The fraction of sp³-hybridized carbons (Fsp3) is 0.472. The standard InChI is InChI=1S/C36H52N7O10P/c1-22(2)52-34(46)26(19-24-13-9-7-10-14-24)42-54(48,43-27(35(47)53-23(3)4)20-25-15-11-8-12-16-25)51-21-29(49-5)31(45)28(44)17-18-39-30-32(37)40-36(38)41-33(30)50-6/h7-16,18,22-23,26-29,31,44-45H,17,19-21H2,1-6H3,(H2,42,43,48)(H4,37,38,40,41)/b39-18-. The smallest absolute Gasteiger partial charge is 0.342 e. The lowest BCUT2D eigenvalue weighted by atomic mass is 10.1. The third-order valence-electron chi connectivity index (χ3n) is 7.65. The molecule has 3 aromatic rings. The van der Waals surface area contributed by atoms with E-state index in [9.17, 15) is 24.4 Å². The quantitative estimate of drug-likeness (QED) is 0.0488. The zero-order valence-corrected chi connectivity index (χ0v) is 32.2. The Labute approximate surface area is 315 Å². The second-order valence-corrected chi connectivity index (χ2v) is 14.6. The number of nitrogen functional groups attached to an aromatic ring is 2. The van der Waals surface area contributed by atoms with Gasteiger partial charge in [-0.05, 0) is 51.7 Å². The van der Waals surface area contributed by atoms with Crippen molar-refractivity contribution in [2.24, 2.45) is 4.99 Å². The van der Waals surface area contributed by atoms with Crippen LogP contribution in [-0.4, -0.2) is 102 Å². The molecule has 0 saturated heterocycles. The number of nitrogens with zero attached hydrogens (tertiary/aromatic N) is 3. The molecular formula is C36H52N7O10P. The summed E-state index contributed by atoms with van der Waals surface area (Å²) < 4.78 is 42.5. The van der Waals surface area contributed by atoms with Crippen molar-refractivity contribution in [3.63, 3.8) is 0 Å². The maximum atomic E-state index is 14.9. The Kier molecular flexibility index (Phi) is 17.4. The third kappa shape index (κ3) is 14.1. The lowest BCUT2D eigenvalue weighted by Crippen LogP contribution is -2.48. The first-order valence-electron chi connectivity index (χ1n) is 17.3. The Morgan fingerprint density at radius 2 is 1.35 bits per heavy atom. The number of rotatable bonds is 22. The van der Waals surface area contributed by atoms with Gasteiger partial charge in [0.05, 0.1) is 32.0 Å². The number of nitrogens with one attached hydrogen (secondary N) is 2. The van der Waals surface area contributed by atoms with E-state index >= 15 is 0 Å². The van der Waals surface area contributed by atoms with Crippen molar-refractivity contribution in [2.75, 3.05) is 32.3 Å². The Morgan fingerprint density at radius 1 is 0.852 bits per heavy atom. The molecule has 3 rings (SSSR count). The van der Waals surface area contributed by atoms with E-state index < -0.39 is 68.8 Å². The minimum atomic E-state index is -4.47. The van der Waals surface area contributed by atoms with Crippen molar-refractivity contribution in [1.29, 1.82) is 0 Å². The molecule has 0 aliphatic carbocycles. The fourth-order valence-corrected chi connectivity index (χ4v) is 6.86. The maximum absolute atomic E-state index is 14.9. The molecule has 296 valence electrons. The number of methoxy groups -OCH3 is 2. The SMILES string of the molecule is COc1nc(N)nc(N)c1/N=C\CC(O)C(O)C(COP(=O)(NC(Cc1ccccc1)C(=O)OC(C)C)NC(Cc1ccccc1)C(=O)OC(C)C)OC. The van der Waals surface area contributed by atoms with Crippen LogP contribution in [0.3, 0.4) is 0 Å². The Hall–Kier alpha value is -4.48. The number of aromatic nitrogens is 2. The molecule has 5 atom stereocenters. The Morgan fingerprint density at radius 3 is 1.80 bits per heavy atom. The van der Waals surface area contributed by atoms with Crippen LogP contribution in [0.2, 0.25) is 0 Å². The van der Waals surface area contributed by atoms with Gasteiger partial charge < -0.3 is 45.2 Å². The predicted octanol–water partition coefficient (Wildman–Crippen LogP) is 2.91. The van der Waals surface area contributed by atoms with Crippen molar-refractivity contribution in [1.82, 2.24) is 20.1 Å². The van der Waals surface area contributed by atoms with Gasteiger partial charge in [-0.3, -0.25) is 19.1 Å². The summed E-state index contributed by atoms with van der Waals surface area (Å²) in [4.78, 5) is 38.8. The van der Waals surface area contributed by atoms with Crippen molar-refractivity contribution < 1.29 is 47.8 Å². The van der Waals surface area contributed by atoms with Crippen LogP contribution in [0.25, 0.3) is 0 Å². The molecule has 0 aliphatic rings. The van der Waals surface area contributed by atoms with Crippen LogP contribution in [-0.2, 0) is 45.7 Å². The maximum Gasteiger partial charge on any atom is 0.342 e. The highest BCUT2D eigenvalue weighted by molar-refractivity contribution is 7.54. The molecule has 54 heavy (non-hydrogen) atoms. The van der Waals surface area contributed by atoms with Crippen LogP contribution in [0.15, 0.2) is 65.7 Å². The van der Waals surface area contributed by atoms with E-state index in [1.165, 1.54) is 20.4 Å². The number of hydrogen-bond acceptors (Lipinski definition) is 15. The first-order valence-corrected chi connectivity index (χ1v) is 18.9. The predicted molar refractivity (Wildman–Crippen MR) is 203 cm³/mol. The van der Waals surface area contributed by atoms with Crippen molar-refractivity contribution in [2.45, 2.75) is 89.6 Å². The summed E-state index contributed by atoms with van der Waals surface area (Å²) in [5.41, 5.74) is 13.0. The van der Waals surface area contributed by atoms with E-state index in [1.54, 1.807) is 76.2 Å². The number of aliphatic hydroxyl groups excluding tert-OH is 2. The zero-order chi connectivity index (χ0) is 39.8. The molecule has 0 saturated carbocycles. The summed E-state index contributed by atoms with van der Waals surface area (Å²) >= 11 is 0. The van der Waals surface area contributed by atoms with E-state index in [-0.39, 0.29) is 42.6 Å². The van der Waals surface area contributed by atoms with Crippen LogP contribution >= 0.6 is 7.67 Å². The van der Waals surface area contributed by atoms with Crippen LogP contribution < -0.4 is 26.4 Å². The number of benzene rings is 2. The average Bonchev–Trinajstić information content (AvgIpc) is 3.12. The normalized spacial score (nSPS) is 15.7. The van der Waals surface area contributed by atoms with Gasteiger partial charge in [-0.1, -0.05) is 60.7 Å². The summed E-state index contributed by atoms with van der Waals surface area (Å²) in [5, 5.41) is 27.6. The van der Waals surface area contributed by atoms with Gasteiger partial charge >= 0.3 is 19.6 Å². The van der Waals surface area contributed by atoms with Crippen LogP contribution in [0, 0.1) is 0 Å². The molecule has 0 amide bonds. The van der Waals surface area contributed by atoms with E-state index in [2.05, 4.69) is 25.1 Å². The zero-order valence-electron chi connectivity index (χ0n) is 31.3. The summed E-state index contributed by atoms with van der Waals surface area (Å²) in [6.07, 6.45) is -4.18. The minimum absolute atomic E-state index is 0.0101. The molecule has 0 radical (unpaired) electrons. The van der Waals surface area contributed by atoms with E-state index in [0.717, 1.165) is 11.1 Å². The number of esters is 2. The van der Waals surface area contributed by atoms with Gasteiger partial charge in [-0.2, -0.15) is 9.97 Å². The molecule has 1 aromatic heterocycles. The molecule has 0 aliphatic heterocycles. The molecular weight excluding hydrogens is 721 g/mol. The molecule has 8 N–H and O–H groups in total. The molecule has 1 heterocycles. The van der Waals surface area contributed by atoms with Crippen molar-refractivity contribution in [3.8, 4) is 5.88 Å². The summed E-state index contributed by atoms with van der Waals surface area (Å²) in [7, 11) is -1.86. The van der Waals surface area contributed by atoms with Crippen LogP contribution in [0.4, 0.5) is 17.5 Å². The molecule has 2 aromatic carbocycles. The molecule has 0 bridgehead atoms. The summed E-state index contributed by atoms with van der Waals surface area (Å²) in [6, 6.07) is 15.5.